The molecule has 0 saturated carbocycles. The maximum atomic E-state index is 9.59. The minimum Gasteiger partial charge on any atom is -0.390 e. The lowest BCUT2D eigenvalue weighted by molar-refractivity contribution is -0.515. The van der Waals surface area contributed by atoms with Crippen molar-refractivity contribution in [2.75, 3.05) is 19.7 Å². The molecule has 0 fully saturated rings. The Labute approximate surface area is 271 Å². The fourth-order valence-corrected chi connectivity index (χ4v) is 6.23. The fraction of sp³-hybridized carbons (Fsp3) is 0.500. The number of rotatable bonds is 13. The van der Waals surface area contributed by atoms with Gasteiger partial charge in [0.15, 0.2) is 19.3 Å². The highest BCUT2D eigenvalue weighted by atomic mass is 16.3. The first-order valence-electron chi connectivity index (χ1n) is 16.7. The normalized spacial score (nSPS) is 21.3. The van der Waals surface area contributed by atoms with Gasteiger partial charge >= 0.3 is 0 Å². The maximum Gasteiger partial charge on any atom is 0.166 e. The fourth-order valence-electron chi connectivity index (χ4n) is 6.23. The van der Waals surface area contributed by atoms with Crippen molar-refractivity contribution in [3.8, 4) is 0 Å². The van der Waals surface area contributed by atoms with Crippen LogP contribution in [0.1, 0.15) is 108 Å². The minimum absolute atomic E-state index is 0.129. The number of allylic oxidation sites excluding steroid dienone is 19. The van der Waals surface area contributed by atoms with Crippen molar-refractivity contribution in [1.82, 2.24) is 0 Å². The van der Waals surface area contributed by atoms with Gasteiger partial charge in [-0.2, -0.15) is 0 Å². The Balaban J connectivity index is 1.98. The highest BCUT2D eigenvalue weighted by Gasteiger charge is 2.27. The minimum atomic E-state index is 0.129. The van der Waals surface area contributed by atoms with Crippen LogP contribution < -0.4 is 0 Å². The third-order valence-electron chi connectivity index (χ3n) is 9.13. The SMILES string of the molecule is CC(C=CC1=C(C)CCCC1(C)C)=CC=CC(C)=CC=[N+](CC=C(C)C=CC=C(C)C=CC1=C(C)CCCC1(C)C)CCO. The Bertz CT molecular complexity index is 1320. The van der Waals surface area contributed by atoms with Crippen molar-refractivity contribution in [2.24, 2.45) is 10.8 Å². The Hall–Kier alpha value is -2.97. The molecule has 0 radical (unpaired) electrons. The first kappa shape index (κ1) is 37.2. The summed E-state index contributed by atoms with van der Waals surface area (Å²) in [6.45, 7) is 24.1. The van der Waals surface area contributed by atoms with E-state index in [0.717, 1.165) is 6.54 Å². The zero-order valence-corrected chi connectivity index (χ0v) is 29.8. The topological polar surface area (TPSA) is 23.2 Å². The van der Waals surface area contributed by atoms with Crippen LogP contribution in [0.4, 0.5) is 0 Å². The second-order valence-corrected chi connectivity index (χ2v) is 14.3. The summed E-state index contributed by atoms with van der Waals surface area (Å²) < 4.78 is 2.15. The average Bonchev–Trinajstić information content (AvgIpc) is 2.93. The zero-order chi connectivity index (χ0) is 32.8. The summed E-state index contributed by atoms with van der Waals surface area (Å²) in [7, 11) is 0. The Morgan fingerprint density at radius 2 is 1.14 bits per heavy atom. The summed E-state index contributed by atoms with van der Waals surface area (Å²) in [5.41, 5.74) is 11.5. The molecule has 0 aromatic heterocycles. The molecule has 240 valence electrons. The van der Waals surface area contributed by atoms with Crippen molar-refractivity contribution < 1.29 is 9.68 Å². The largest absolute Gasteiger partial charge is 0.390 e. The van der Waals surface area contributed by atoms with Gasteiger partial charge in [-0.25, -0.2) is 4.58 Å². The molecule has 0 atom stereocenters. The van der Waals surface area contributed by atoms with Crippen LogP contribution in [-0.2, 0) is 0 Å². The van der Waals surface area contributed by atoms with E-state index in [9.17, 15) is 5.11 Å². The molecule has 2 aliphatic carbocycles. The number of hydrogen-bond acceptors (Lipinski definition) is 1. The lowest BCUT2D eigenvalue weighted by Gasteiger charge is -2.33. The van der Waals surface area contributed by atoms with E-state index < -0.39 is 0 Å². The Morgan fingerprint density at radius 3 is 1.59 bits per heavy atom. The molecule has 2 rings (SSSR count). The van der Waals surface area contributed by atoms with E-state index >= 15 is 0 Å². The molecule has 2 aliphatic rings. The summed E-state index contributed by atoms with van der Waals surface area (Å²) in [5, 5.41) is 9.59. The molecule has 0 heterocycles. The third kappa shape index (κ3) is 12.9. The Kier molecular flexibility index (Phi) is 15.3. The predicted molar refractivity (Wildman–Crippen MR) is 195 cm³/mol. The molecule has 44 heavy (non-hydrogen) atoms. The lowest BCUT2D eigenvalue weighted by atomic mass is 9.72. The molecule has 0 amide bonds. The molecule has 0 unspecified atom stereocenters. The van der Waals surface area contributed by atoms with E-state index in [1.807, 2.05) is 0 Å². The predicted octanol–water partition coefficient (Wildman–Crippen LogP) is 11.1. The van der Waals surface area contributed by atoms with Gasteiger partial charge in [-0.1, -0.05) is 111 Å². The van der Waals surface area contributed by atoms with E-state index in [1.54, 1.807) is 0 Å². The first-order chi connectivity index (χ1) is 20.7. The summed E-state index contributed by atoms with van der Waals surface area (Å²) in [5.74, 6) is 0. The molecule has 0 aromatic carbocycles. The van der Waals surface area contributed by atoms with E-state index in [4.69, 9.17) is 0 Å². The third-order valence-corrected chi connectivity index (χ3v) is 9.13. The van der Waals surface area contributed by atoms with Gasteiger partial charge in [-0.15, -0.1) is 0 Å². The molecular formula is C42H62NO+. The van der Waals surface area contributed by atoms with Crippen LogP contribution in [0.5, 0.6) is 0 Å². The molecule has 0 spiro atoms. The van der Waals surface area contributed by atoms with E-state index in [1.165, 1.54) is 83.1 Å². The number of aliphatic hydroxyl groups excluding tert-OH is 1. The first-order valence-corrected chi connectivity index (χ1v) is 16.7. The van der Waals surface area contributed by atoms with Crippen LogP contribution >= 0.6 is 0 Å². The highest BCUT2D eigenvalue weighted by molar-refractivity contribution is 5.68. The molecule has 0 saturated heterocycles. The van der Waals surface area contributed by atoms with E-state index in [0.29, 0.717) is 6.54 Å². The van der Waals surface area contributed by atoms with Crippen LogP contribution in [0.15, 0.2) is 117 Å². The average molecular weight is 597 g/mol. The van der Waals surface area contributed by atoms with Crippen molar-refractivity contribution in [1.29, 1.82) is 0 Å². The molecule has 1 N–H and O–H groups in total. The zero-order valence-electron chi connectivity index (χ0n) is 29.8. The molecule has 2 heteroatoms. The van der Waals surface area contributed by atoms with Crippen molar-refractivity contribution >= 4 is 6.21 Å². The van der Waals surface area contributed by atoms with Gasteiger partial charge in [0.1, 0.15) is 6.61 Å². The summed E-state index contributed by atoms with van der Waals surface area (Å²) in [4.78, 5) is 0. The van der Waals surface area contributed by atoms with Crippen LogP contribution in [0, 0.1) is 10.8 Å². The van der Waals surface area contributed by atoms with Gasteiger partial charge in [-0.05, 0) is 119 Å². The van der Waals surface area contributed by atoms with Gasteiger partial charge in [0.2, 0.25) is 0 Å². The highest BCUT2D eigenvalue weighted by Crippen LogP contribution is 2.41. The maximum absolute atomic E-state index is 9.59. The van der Waals surface area contributed by atoms with Gasteiger partial charge in [0, 0.05) is 6.08 Å². The van der Waals surface area contributed by atoms with Gasteiger partial charge < -0.3 is 5.11 Å². The molecular weight excluding hydrogens is 534 g/mol. The standard InChI is InChI=1S/C42H62NO/c1-33(21-23-39-37(5)19-13-27-41(39,7)8)15-11-17-35(3)25-29-43(31-32-44)30-26-36(4)18-12-16-34(2)22-24-40-38(6)20-14-28-42(40,9)10/h11-12,15-18,21-26,29,44H,13-14,19-20,27-28,30-32H2,1-10H3/q+1. The van der Waals surface area contributed by atoms with E-state index in [2.05, 4.69) is 153 Å². The van der Waals surface area contributed by atoms with Crippen molar-refractivity contribution in [3.05, 3.63) is 117 Å². The number of hydrogen-bond donors (Lipinski definition) is 1. The van der Waals surface area contributed by atoms with Crippen LogP contribution in [0.25, 0.3) is 0 Å². The summed E-state index contributed by atoms with van der Waals surface area (Å²) in [6, 6.07) is 0. The summed E-state index contributed by atoms with van der Waals surface area (Å²) >= 11 is 0. The lowest BCUT2D eigenvalue weighted by Crippen LogP contribution is -2.19. The molecule has 2 nitrogen and oxygen atoms in total. The second-order valence-electron chi connectivity index (χ2n) is 14.3. The Morgan fingerprint density at radius 1 is 0.682 bits per heavy atom. The molecule has 0 aliphatic heterocycles. The molecule has 0 aromatic rings. The monoisotopic (exact) mass is 596 g/mol. The van der Waals surface area contributed by atoms with Crippen LogP contribution in [-0.4, -0.2) is 35.6 Å². The van der Waals surface area contributed by atoms with Crippen LogP contribution in [0.3, 0.4) is 0 Å². The second kappa shape index (κ2) is 18.1. The van der Waals surface area contributed by atoms with Gasteiger partial charge in [0.05, 0.1) is 0 Å². The van der Waals surface area contributed by atoms with Crippen molar-refractivity contribution in [3.63, 3.8) is 0 Å². The number of aliphatic hydroxyl groups is 1. The van der Waals surface area contributed by atoms with Gasteiger partial charge in [-0.3, -0.25) is 0 Å². The van der Waals surface area contributed by atoms with Gasteiger partial charge in [0.25, 0.3) is 0 Å². The summed E-state index contributed by atoms with van der Waals surface area (Å²) in [6.07, 6.45) is 36.0. The molecule has 0 bridgehead atoms. The van der Waals surface area contributed by atoms with Crippen LogP contribution in [0.2, 0.25) is 0 Å². The smallest absolute Gasteiger partial charge is 0.166 e. The van der Waals surface area contributed by atoms with Crippen molar-refractivity contribution in [2.45, 2.75) is 108 Å². The number of nitrogens with zero attached hydrogens (tertiary/aromatic N) is 1. The van der Waals surface area contributed by atoms with E-state index in [-0.39, 0.29) is 17.4 Å². The quantitative estimate of drug-likeness (QED) is 0.128.